The minimum Gasteiger partial charge on any atom is -0.481 e. The van der Waals surface area contributed by atoms with E-state index < -0.39 is 17.6 Å². The summed E-state index contributed by atoms with van der Waals surface area (Å²) >= 11 is 1.46. The zero-order chi connectivity index (χ0) is 18.1. The van der Waals surface area contributed by atoms with E-state index in [0.717, 1.165) is 16.5 Å². The van der Waals surface area contributed by atoms with Gasteiger partial charge >= 0.3 is 5.97 Å². The molecule has 0 heterocycles. The maximum atomic E-state index is 14.6. The molecule has 0 aliphatic heterocycles. The highest BCUT2D eigenvalue weighted by Crippen LogP contribution is 2.49. The molecule has 2 aromatic rings. The van der Waals surface area contributed by atoms with Crippen LogP contribution in [0.2, 0.25) is 0 Å². The first-order chi connectivity index (χ1) is 11.9. The first-order valence-corrected chi connectivity index (χ1v) is 8.92. The molecule has 0 aromatic heterocycles. The van der Waals surface area contributed by atoms with E-state index in [1.165, 1.54) is 17.8 Å². The molecule has 128 valence electrons. The van der Waals surface area contributed by atoms with Gasteiger partial charge in [-0.25, -0.2) is 8.78 Å². The maximum Gasteiger partial charge on any atom is 0.307 e. The predicted octanol–water partition coefficient (Wildman–Crippen LogP) is 5.46. The quantitative estimate of drug-likeness (QED) is 0.789. The van der Waals surface area contributed by atoms with E-state index in [-0.39, 0.29) is 12.0 Å². The first-order valence-electron chi connectivity index (χ1n) is 7.69. The summed E-state index contributed by atoms with van der Waals surface area (Å²) in [6.45, 7) is 1.77. The van der Waals surface area contributed by atoms with E-state index in [4.69, 9.17) is 0 Å². The summed E-state index contributed by atoms with van der Waals surface area (Å²) in [5.41, 5.74) is 3.30. The fourth-order valence-electron chi connectivity index (χ4n) is 3.22. The number of allylic oxidation sites excluding steroid dienone is 2. The van der Waals surface area contributed by atoms with E-state index in [0.29, 0.717) is 22.3 Å². The van der Waals surface area contributed by atoms with Crippen LogP contribution in [-0.2, 0) is 4.79 Å². The van der Waals surface area contributed by atoms with E-state index in [1.807, 2.05) is 36.6 Å². The Morgan fingerprint density at radius 1 is 1.16 bits per heavy atom. The number of carboxylic acid groups (broad SMARTS) is 1. The van der Waals surface area contributed by atoms with Crippen LogP contribution in [0.15, 0.2) is 48.0 Å². The largest absolute Gasteiger partial charge is 0.481 e. The molecule has 0 radical (unpaired) electrons. The normalized spacial score (nSPS) is 15.4. The van der Waals surface area contributed by atoms with Crippen LogP contribution in [-0.4, -0.2) is 17.3 Å². The Morgan fingerprint density at radius 3 is 2.44 bits per heavy atom. The average Bonchev–Trinajstić information content (AvgIpc) is 2.82. The second-order valence-electron chi connectivity index (χ2n) is 5.76. The molecule has 1 N–H and O–H groups in total. The van der Waals surface area contributed by atoms with Crippen molar-refractivity contribution in [2.75, 3.05) is 6.26 Å². The van der Waals surface area contributed by atoms with E-state index in [2.05, 4.69) is 0 Å². The summed E-state index contributed by atoms with van der Waals surface area (Å²) in [4.78, 5) is 12.1. The molecule has 2 nitrogen and oxygen atoms in total. The van der Waals surface area contributed by atoms with Crippen LogP contribution in [0, 0.1) is 11.6 Å². The van der Waals surface area contributed by atoms with Crippen LogP contribution in [0.25, 0.3) is 16.1 Å². The lowest BCUT2D eigenvalue weighted by molar-refractivity contribution is -0.135. The van der Waals surface area contributed by atoms with Crippen molar-refractivity contribution in [3.63, 3.8) is 0 Å². The van der Waals surface area contributed by atoms with Gasteiger partial charge in [-0.3, -0.25) is 4.79 Å². The molecule has 0 spiro atoms. The Bertz CT molecular complexity index is 915. The molecule has 0 fully saturated rings. The molecule has 0 saturated heterocycles. The molecule has 1 aliphatic carbocycles. The molecule has 0 atom stereocenters. The van der Waals surface area contributed by atoms with Gasteiger partial charge in [0, 0.05) is 22.1 Å². The topological polar surface area (TPSA) is 37.3 Å². The second kappa shape index (κ2) is 6.84. The fourth-order valence-corrected chi connectivity index (χ4v) is 4.05. The van der Waals surface area contributed by atoms with Gasteiger partial charge in [0.05, 0.1) is 6.42 Å². The van der Waals surface area contributed by atoms with Crippen molar-refractivity contribution < 1.29 is 18.7 Å². The summed E-state index contributed by atoms with van der Waals surface area (Å²) in [6, 6.07) is 11.6. The number of benzene rings is 2. The molecule has 25 heavy (non-hydrogen) atoms. The Labute approximate surface area is 148 Å². The maximum absolute atomic E-state index is 14.6. The lowest BCUT2D eigenvalue weighted by atomic mass is 9.99. The average molecular weight is 358 g/mol. The third kappa shape index (κ3) is 3.12. The molecule has 2 aromatic carbocycles. The molecule has 1 aliphatic rings. The van der Waals surface area contributed by atoms with Gasteiger partial charge in [-0.05, 0) is 41.5 Å². The van der Waals surface area contributed by atoms with Gasteiger partial charge in [0.15, 0.2) is 0 Å². The molecule has 0 amide bonds. The smallest absolute Gasteiger partial charge is 0.307 e. The van der Waals surface area contributed by atoms with Crippen LogP contribution >= 0.6 is 11.8 Å². The van der Waals surface area contributed by atoms with E-state index in [9.17, 15) is 18.7 Å². The van der Waals surface area contributed by atoms with Gasteiger partial charge in [0.1, 0.15) is 11.6 Å². The van der Waals surface area contributed by atoms with Crippen LogP contribution in [0.4, 0.5) is 8.78 Å². The minimum atomic E-state index is -1.03. The zero-order valence-corrected chi connectivity index (χ0v) is 14.6. The number of aliphatic carboxylic acids is 1. The predicted molar refractivity (Wildman–Crippen MR) is 98.0 cm³/mol. The lowest BCUT2D eigenvalue weighted by Gasteiger charge is -2.13. The third-order valence-corrected chi connectivity index (χ3v) is 5.10. The summed E-state index contributed by atoms with van der Waals surface area (Å²) in [7, 11) is 0. The number of fused-ring (bicyclic) bond motifs is 1. The SMILES string of the molecule is CSC(=C1C(C)=C(CC(=O)O)c2cc(F)cc(F)c21)c1ccccc1. The van der Waals surface area contributed by atoms with Crippen LogP contribution in [0.3, 0.4) is 0 Å². The molecule has 3 rings (SSSR count). The van der Waals surface area contributed by atoms with Gasteiger partial charge in [-0.2, -0.15) is 0 Å². The summed E-state index contributed by atoms with van der Waals surface area (Å²) in [6.07, 6.45) is 1.61. The van der Waals surface area contributed by atoms with Gasteiger partial charge in [0.25, 0.3) is 0 Å². The third-order valence-electron chi connectivity index (χ3n) is 4.25. The number of carboxylic acids is 1. The van der Waals surface area contributed by atoms with Crippen molar-refractivity contribution in [1.82, 2.24) is 0 Å². The Morgan fingerprint density at radius 2 is 1.84 bits per heavy atom. The van der Waals surface area contributed by atoms with Crippen molar-refractivity contribution in [3.8, 4) is 0 Å². The summed E-state index contributed by atoms with van der Waals surface area (Å²) in [5, 5.41) is 9.21. The Hall–Kier alpha value is -2.40. The highest BCUT2D eigenvalue weighted by atomic mass is 32.2. The number of carbonyl (C=O) groups is 1. The minimum absolute atomic E-state index is 0.276. The lowest BCUT2D eigenvalue weighted by Crippen LogP contribution is -1.98. The van der Waals surface area contributed by atoms with Crippen LogP contribution in [0.5, 0.6) is 0 Å². The highest BCUT2D eigenvalue weighted by Gasteiger charge is 2.31. The Kier molecular flexibility index (Phi) is 4.77. The van der Waals surface area contributed by atoms with Crippen molar-refractivity contribution in [1.29, 1.82) is 0 Å². The zero-order valence-electron chi connectivity index (χ0n) is 13.8. The van der Waals surface area contributed by atoms with Gasteiger partial charge in [-0.1, -0.05) is 30.3 Å². The Balaban J connectivity index is 2.36. The molecule has 0 unspecified atom stereocenters. The molecule has 0 bridgehead atoms. The number of hydrogen-bond donors (Lipinski definition) is 1. The molecule has 0 saturated carbocycles. The number of rotatable bonds is 4. The molecule has 5 heteroatoms. The molecular formula is C20H16F2O2S. The van der Waals surface area contributed by atoms with Gasteiger partial charge < -0.3 is 5.11 Å². The molecular weight excluding hydrogens is 342 g/mol. The van der Waals surface area contributed by atoms with E-state index in [1.54, 1.807) is 6.92 Å². The van der Waals surface area contributed by atoms with E-state index >= 15 is 0 Å². The van der Waals surface area contributed by atoms with Crippen molar-refractivity contribution >= 4 is 33.8 Å². The van der Waals surface area contributed by atoms with Gasteiger partial charge in [-0.15, -0.1) is 11.8 Å². The van der Waals surface area contributed by atoms with Crippen LogP contribution < -0.4 is 0 Å². The highest BCUT2D eigenvalue weighted by molar-refractivity contribution is 8.08. The number of hydrogen-bond acceptors (Lipinski definition) is 2. The monoisotopic (exact) mass is 358 g/mol. The van der Waals surface area contributed by atoms with Gasteiger partial charge in [0.2, 0.25) is 0 Å². The fraction of sp³-hybridized carbons (Fsp3) is 0.150. The summed E-state index contributed by atoms with van der Waals surface area (Å²) < 4.78 is 28.4. The van der Waals surface area contributed by atoms with Crippen LogP contribution in [0.1, 0.15) is 30.0 Å². The van der Waals surface area contributed by atoms with Crippen molar-refractivity contribution in [3.05, 3.63) is 76.4 Å². The van der Waals surface area contributed by atoms with Crippen molar-refractivity contribution in [2.24, 2.45) is 0 Å². The van der Waals surface area contributed by atoms with Crippen molar-refractivity contribution in [2.45, 2.75) is 13.3 Å². The number of halogens is 2. The second-order valence-corrected chi connectivity index (χ2v) is 6.58. The summed E-state index contributed by atoms with van der Waals surface area (Å²) in [5.74, 6) is -2.41. The number of thioether (sulfide) groups is 1. The standard InChI is InChI=1S/C20H16F2O2S/c1-11-14(10-17(23)24)15-8-13(21)9-16(22)19(15)18(11)20(25-2)12-6-4-3-5-7-12/h3-9H,10H2,1-2H3,(H,23,24). The first kappa shape index (κ1) is 17.4.